The molecule has 2 aromatic heterocycles. The minimum Gasteiger partial charge on any atom is -0.454 e. The average Bonchev–Trinajstić information content (AvgIpc) is 4.37. The average molecular weight is 975 g/mol. The molecule has 14 aromatic rings. The van der Waals surface area contributed by atoms with E-state index in [0.29, 0.717) is 0 Å². The minimum absolute atomic E-state index is 0.807. The van der Waals surface area contributed by atoms with Crippen LogP contribution in [0.15, 0.2) is 283 Å². The number of benzene rings is 12. The second kappa shape index (κ2) is 17.3. The fraction of sp³-hybridized carbons (Fsp3) is 0.0141. The summed E-state index contributed by atoms with van der Waals surface area (Å²) in [5.41, 5.74) is 16.8. The third-order valence-corrected chi connectivity index (χ3v) is 16.7. The molecule has 0 spiro atoms. The van der Waals surface area contributed by atoms with E-state index in [2.05, 4.69) is 289 Å². The molecule has 1 aliphatic carbocycles. The summed E-state index contributed by atoms with van der Waals surface area (Å²) >= 11 is 1.90. The zero-order valence-electron chi connectivity index (χ0n) is 40.8. The van der Waals surface area contributed by atoms with Crippen LogP contribution in [0.4, 0.5) is 34.1 Å². The van der Waals surface area contributed by atoms with Crippen LogP contribution < -0.4 is 9.80 Å². The van der Waals surface area contributed by atoms with Gasteiger partial charge in [0.2, 0.25) is 0 Å². The summed E-state index contributed by atoms with van der Waals surface area (Å²) in [6, 6.07) is 102. The molecule has 0 saturated heterocycles. The van der Waals surface area contributed by atoms with E-state index in [-0.39, 0.29) is 0 Å². The number of anilines is 6. The van der Waals surface area contributed by atoms with Crippen LogP contribution in [0.1, 0.15) is 22.3 Å². The predicted octanol–water partition coefficient (Wildman–Crippen LogP) is 20.1. The molecule has 4 heteroatoms. The van der Waals surface area contributed by atoms with Gasteiger partial charge in [0.1, 0.15) is 5.58 Å². The van der Waals surface area contributed by atoms with Crippen LogP contribution in [0, 0.1) is 0 Å². The van der Waals surface area contributed by atoms with Crippen molar-refractivity contribution in [1.29, 1.82) is 0 Å². The molecule has 0 saturated carbocycles. The van der Waals surface area contributed by atoms with Crippen molar-refractivity contribution >= 4 is 98.3 Å². The molecular formula is C71H46N2OS. The van der Waals surface area contributed by atoms with Gasteiger partial charge in [-0.2, -0.15) is 0 Å². The molecule has 0 unspecified atom stereocenters. The maximum absolute atomic E-state index is 7.36. The number of furan rings is 1. The predicted molar refractivity (Wildman–Crippen MR) is 316 cm³/mol. The molecule has 15 rings (SSSR count). The standard InChI is InChI=1S/C71H46N2OS/c1-6-22-47(23-7-1)49-38-41-55(42-39-49)72(53-30-12-4-13-31-53)62-46-59-67(66-57-34-18-20-36-63(57)74-69(62)66)68-60(71(59,51-26-8-2-9-27-51)52-28-10-3-11-29-52)45-61(65-58-35-19-21-37-64(58)75-70(65)68)73(54-32-14-5-15-33-54)56-43-40-48-24-16-17-25-50(48)44-56/h1-46H. The first-order valence-corrected chi connectivity index (χ1v) is 26.5. The van der Waals surface area contributed by atoms with E-state index < -0.39 is 5.41 Å². The molecule has 352 valence electrons. The quantitative estimate of drug-likeness (QED) is 0.144. The molecule has 0 fully saturated rings. The molecule has 0 radical (unpaired) electrons. The van der Waals surface area contributed by atoms with E-state index >= 15 is 0 Å². The lowest BCUT2D eigenvalue weighted by Crippen LogP contribution is -2.29. The van der Waals surface area contributed by atoms with Crippen molar-refractivity contribution in [2.45, 2.75) is 5.41 Å². The summed E-state index contributed by atoms with van der Waals surface area (Å²) in [4.78, 5) is 4.91. The summed E-state index contributed by atoms with van der Waals surface area (Å²) in [6.45, 7) is 0. The van der Waals surface area contributed by atoms with Gasteiger partial charge < -0.3 is 14.2 Å². The minimum atomic E-state index is -0.807. The second-order valence-electron chi connectivity index (χ2n) is 19.5. The summed E-state index contributed by atoms with van der Waals surface area (Å²) in [5, 5.41) is 7.05. The van der Waals surface area contributed by atoms with Gasteiger partial charge in [-0.25, -0.2) is 0 Å². The summed E-state index contributed by atoms with van der Waals surface area (Å²) in [6.07, 6.45) is 0. The van der Waals surface area contributed by atoms with Crippen molar-refractivity contribution in [2.24, 2.45) is 0 Å². The Hall–Kier alpha value is -9.48. The van der Waals surface area contributed by atoms with Gasteiger partial charge in [0, 0.05) is 64.8 Å². The molecule has 1 aliphatic rings. The molecule has 75 heavy (non-hydrogen) atoms. The van der Waals surface area contributed by atoms with E-state index in [1.54, 1.807) is 0 Å². The van der Waals surface area contributed by atoms with E-state index in [1.165, 1.54) is 69.9 Å². The normalized spacial score (nSPS) is 12.6. The third-order valence-electron chi connectivity index (χ3n) is 15.5. The molecule has 12 aromatic carbocycles. The largest absolute Gasteiger partial charge is 0.454 e. The first kappa shape index (κ1) is 43.1. The Morgan fingerprint density at radius 3 is 1.52 bits per heavy atom. The lowest BCUT2D eigenvalue weighted by Gasteiger charge is -2.36. The zero-order chi connectivity index (χ0) is 49.5. The highest BCUT2D eigenvalue weighted by Crippen LogP contribution is 2.65. The van der Waals surface area contributed by atoms with Crippen molar-refractivity contribution in [1.82, 2.24) is 0 Å². The van der Waals surface area contributed by atoms with Crippen molar-refractivity contribution in [3.05, 3.63) is 301 Å². The molecule has 0 aliphatic heterocycles. The Kier molecular flexibility index (Phi) is 9.97. The zero-order valence-corrected chi connectivity index (χ0v) is 41.6. The van der Waals surface area contributed by atoms with E-state index in [9.17, 15) is 0 Å². The van der Waals surface area contributed by atoms with E-state index in [4.69, 9.17) is 4.42 Å². The van der Waals surface area contributed by atoms with Crippen molar-refractivity contribution in [3.8, 4) is 22.3 Å². The van der Waals surface area contributed by atoms with Crippen LogP contribution in [0.5, 0.6) is 0 Å². The van der Waals surface area contributed by atoms with Gasteiger partial charge in [0.25, 0.3) is 0 Å². The fourth-order valence-corrected chi connectivity index (χ4v) is 13.5. The fourth-order valence-electron chi connectivity index (χ4n) is 12.3. The van der Waals surface area contributed by atoms with Gasteiger partial charge >= 0.3 is 0 Å². The SMILES string of the molecule is c1ccc(-c2ccc(N(c3ccccc3)c3cc4c(c5c3oc3ccccc35)-c3c(cc(N(c5ccccc5)c5ccc6ccccc6c5)c5c3sc3ccccc35)C4(c3ccccc3)c3ccccc3)cc2)cc1. The maximum atomic E-state index is 7.36. The van der Waals surface area contributed by atoms with Gasteiger partial charge in [-0.1, -0.05) is 206 Å². The summed E-state index contributed by atoms with van der Waals surface area (Å²) < 4.78 is 9.85. The highest BCUT2D eigenvalue weighted by atomic mass is 32.1. The number of hydrogen-bond donors (Lipinski definition) is 0. The monoisotopic (exact) mass is 974 g/mol. The Bertz CT molecular complexity index is 4410. The van der Waals surface area contributed by atoms with Gasteiger partial charge in [0.15, 0.2) is 5.58 Å². The molecule has 3 nitrogen and oxygen atoms in total. The summed E-state index contributed by atoms with van der Waals surface area (Å²) in [7, 11) is 0. The molecule has 0 amide bonds. The Balaban J connectivity index is 1.12. The van der Waals surface area contributed by atoms with Crippen molar-refractivity contribution < 1.29 is 4.42 Å². The Labute approximate surface area is 439 Å². The topological polar surface area (TPSA) is 19.6 Å². The van der Waals surface area contributed by atoms with Crippen LogP contribution in [0.25, 0.3) is 75.1 Å². The molecule has 0 bridgehead atoms. The highest BCUT2D eigenvalue weighted by molar-refractivity contribution is 7.26. The Morgan fingerprint density at radius 2 is 0.840 bits per heavy atom. The van der Waals surface area contributed by atoms with Crippen molar-refractivity contribution in [2.75, 3.05) is 9.80 Å². The lowest BCUT2D eigenvalue weighted by atomic mass is 9.67. The van der Waals surface area contributed by atoms with Gasteiger partial charge in [-0.15, -0.1) is 11.3 Å². The first-order valence-electron chi connectivity index (χ1n) is 25.7. The van der Waals surface area contributed by atoms with Crippen LogP contribution in [0.3, 0.4) is 0 Å². The summed E-state index contributed by atoms with van der Waals surface area (Å²) in [5.74, 6) is 0. The van der Waals surface area contributed by atoms with Crippen molar-refractivity contribution in [3.63, 3.8) is 0 Å². The number of fused-ring (bicyclic) bond motifs is 12. The molecule has 0 N–H and O–H groups in total. The molecule has 0 atom stereocenters. The van der Waals surface area contributed by atoms with Gasteiger partial charge in [-0.05, 0) is 117 Å². The van der Waals surface area contributed by atoms with Crippen LogP contribution in [-0.2, 0) is 5.41 Å². The third kappa shape index (κ3) is 6.67. The smallest absolute Gasteiger partial charge is 0.160 e. The highest BCUT2D eigenvalue weighted by Gasteiger charge is 2.50. The van der Waals surface area contributed by atoms with Crippen LogP contribution >= 0.6 is 11.3 Å². The molecule has 2 heterocycles. The number of nitrogens with zero attached hydrogens (tertiary/aromatic N) is 2. The number of hydrogen-bond acceptors (Lipinski definition) is 4. The number of thiophene rings is 1. The van der Waals surface area contributed by atoms with Crippen LogP contribution in [-0.4, -0.2) is 0 Å². The number of para-hydroxylation sites is 3. The molecular weight excluding hydrogens is 929 g/mol. The maximum Gasteiger partial charge on any atom is 0.160 e. The first-order chi connectivity index (χ1) is 37.2. The van der Waals surface area contributed by atoms with Crippen LogP contribution in [0.2, 0.25) is 0 Å². The van der Waals surface area contributed by atoms with Gasteiger partial charge in [0.05, 0.1) is 16.8 Å². The van der Waals surface area contributed by atoms with E-state index in [0.717, 1.165) is 61.6 Å². The number of rotatable bonds is 9. The lowest BCUT2D eigenvalue weighted by molar-refractivity contribution is 0.668. The second-order valence-corrected chi connectivity index (χ2v) is 20.6. The van der Waals surface area contributed by atoms with Gasteiger partial charge in [-0.3, -0.25) is 0 Å². The Morgan fingerprint density at radius 1 is 0.347 bits per heavy atom. The van der Waals surface area contributed by atoms with E-state index in [1.807, 2.05) is 11.3 Å².